The lowest BCUT2D eigenvalue weighted by Crippen LogP contribution is -2.55. The molecule has 11 nitrogen and oxygen atoms in total. The zero-order chi connectivity index (χ0) is 29.3. The van der Waals surface area contributed by atoms with Gasteiger partial charge in [-0.2, -0.15) is 0 Å². The Balaban J connectivity index is 1.49. The summed E-state index contributed by atoms with van der Waals surface area (Å²) in [6, 6.07) is -1.54. The van der Waals surface area contributed by atoms with Crippen LogP contribution in [-0.2, 0) is 19.2 Å². The lowest BCUT2D eigenvalue weighted by atomic mass is 10.0. The number of amides is 5. The first-order chi connectivity index (χ1) is 19.1. The van der Waals surface area contributed by atoms with E-state index in [-0.39, 0.29) is 30.3 Å². The number of hydrogen-bond donors (Lipinski definition) is 4. The van der Waals surface area contributed by atoms with E-state index in [9.17, 15) is 29.1 Å². The predicted octanol–water partition coefficient (Wildman–Crippen LogP) is 2.41. The van der Waals surface area contributed by atoms with Crippen molar-refractivity contribution in [2.24, 2.45) is 11.8 Å². The number of likely N-dealkylation sites (tertiary alicyclic amines) is 2. The Morgan fingerprint density at radius 3 is 2.58 bits per heavy atom. The van der Waals surface area contributed by atoms with Gasteiger partial charge in [0.15, 0.2) is 0 Å². The molecule has 0 aromatic carbocycles. The van der Waals surface area contributed by atoms with Gasteiger partial charge in [0.2, 0.25) is 17.7 Å². The first-order valence-corrected chi connectivity index (χ1v) is 14.9. The van der Waals surface area contributed by atoms with Gasteiger partial charge in [-0.1, -0.05) is 45.8 Å². The van der Waals surface area contributed by atoms with E-state index in [0.717, 1.165) is 38.5 Å². The number of piperidine rings is 1. The maximum atomic E-state index is 13.1. The third-order valence-corrected chi connectivity index (χ3v) is 8.32. The maximum absolute atomic E-state index is 13.1. The van der Waals surface area contributed by atoms with Crippen LogP contribution in [0.5, 0.6) is 0 Å². The number of carboxylic acid groups (broad SMARTS) is 1. The minimum absolute atomic E-state index is 0.0850. The lowest BCUT2D eigenvalue weighted by Gasteiger charge is -2.32. The Bertz CT molecular complexity index is 969. The molecular formula is C29H47N5O6. The van der Waals surface area contributed by atoms with Gasteiger partial charge in [-0.05, 0) is 50.9 Å². The van der Waals surface area contributed by atoms with Crippen LogP contribution >= 0.6 is 0 Å². The maximum Gasteiger partial charge on any atom is 0.330 e. The second-order valence-electron chi connectivity index (χ2n) is 11.7. The highest BCUT2D eigenvalue weighted by molar-refractivity contribution is 5.95. The second-order valence-corrected chi connectivity index (χ2v) is 11.7. The Morgan fingerprint density at radius 1 is 1.12 bits per heavy atom. The Labute approximate surface area is 237 Å². The fourth-order valence-electron chi connectivity index (χ4n) is 5.57. The summed E-state index contributed by atoms with van der Waals surface area (Å²) < 4.78 is 0. The molecule has 40 heavy (non-hydrogen) atoms. The largest absolute Gasteiger partial charge is 0.479 e. The lowest BCUT2D eigenvalue weighted by molar-refractivity contribution is -0.145. The summed E-state index contributed by atoms with van der Waals surface area (Å²) in [5, 5.41) is 18.1. The number of hydrogen-bond acceptors (Lipinski definition) is 5. The van der Waals surface area contributed by atoms with Crippen LogP contribution in [0.15, 0.2) is 12.2 Å². The van der Waals surface area contributed by atoms with E-state index >= 15 is 0 Å². The summed E-state index contributed by atoms with van der Waals surface area (Å²) in [6.07, 6.45) is 11.8. The van der Waals surface area contributed by atoms with Gasteiger partial charge in [-0.25, -0.2) is 9.59 Å². The van der Waals surface area contributed by atoms with Gasteiger partial charge in [0, 0.05) is 32.0 Å². The predicted molar refractivity (Wildman–Crippen MR) is 150 cm³/mol. The molecule has 0 spiro atoms. The molecule has 0 aromatic rings. The molecule has 4 atom stereocenters. The van der Waals surface area contributed by atoms with Crippen LogP contribution in [0.25, 0.3) is 0 Å². The molecule has 1 unspecified atom stereocenters. The molecule has 0 radical (unpaired) electrons. The van der Waals surface area contributed by atoms with Crippen LogP contribution in [0.3, 0.4) is 0 Å². The molecule has 11 heteroatoms. The van der Waals surface area contributed by atoms with Crippen molar-refractivity contribution < 1.29 is 29.1 Å². The van der Waals surface area contributed by atoms with E-state index in [2.05, 4.69) is 22.9 Å². The number of aliphatic carboxylic acids is 1. The molecule has 224 valence electrons. The molecule has 4 N–H and O–H groups in total. The van der Waals surface area contributed by atoms with E-state index < -0.39 is 35.4 Å². The van der Waals surface area contributed by atoms with Crippen LogP contribution in [-0.4, -0.2) is 88.4 Å². The van der Waals surface area contributed by atoms with E-state index in [1.54, 1.807) is 4.90 Å². The van der Waals surface area contributed by atoms with Gasteiger partial charge in [0.1, 0.15) is 11.6 Å². The molecule has 3 fully saturated rings. The van der Waals surface area contributed by atoms with E-state index in [4.69, 9.17) is 0 Å². The van der Waals surface area contributed by atoms with Crippen molar-refractivity contribution in [3.05, 3.63) is 12.2 Å². The van der Waals surface area contributed by atoms with Crippen LogP contribution in [0.1, 0.15) is 85.0 Å². The molecule has 1 aliphatic carbocycles. The summed E-state index contributed by atoms with van der Waals surface area (Å²) in [5.41, 5.74) is -1.32. The van der Waals surface area contributed by atoms with Gasteiger partial charge in [0.05, 0.1) is 12.6 Å². The summed E-state index contributed by atoms with van der Waals surface area (Å²) in [5.74, 6) is -2.01. The molecule has 0 aromatic heterocycles. The highest BCUT2D eigenvalue weighted by Crippen LogP contribution is 2.45. The normalized spacial score (nSPS) is 25.2. The number of nitrogens with one attached hydrogen (secondary N) is 3. The van der Waals surface area contributed by atoms with Gasteiger partial charge in [0.25, 0.3) is 0 Å². The van der Waals surface area contributed by atoms with Gasteiger partial charge >= 0.3 is 12.0 Å². The fourth-order valence-corrected chi connectivity index (χ4v) is 5.57. The van der Waals surface area contributed by atoms with Gasteiger partial charge in [-0.15, -0.1) is 0 Å². The Morgan fingerprint density at radius 2 is 1.90 bits per heavy atom. The SMILES string of the molecule is CCCCC/C=C\C1C[C@]1(NC(=O)[C@@H]1CCCN1C(=O)CNC(=O)N[C@H](CN1CCCCC1=O)C(C)C)C(=O)O. The van der Waals surface area contributed by atoms with Crippen molar-refractivity contribution in [3.8, 4) is 0 Å². The number of rotatable bonds is 14. The number of allylic oxidation sites excluding steroid dienone is 1. The Hall–Kier alpha value is -3.11. The van der Waals surface area contributed by atoms with Gasteiger partial charge < -0.3 is 30.9 Å². The molecule has 1 saturated carbocycles. The van der Waals surface area contributed by atoms with Crippen LogP contribution < -0.4 is 16.0 Å². The first kappa shape index (κ1) is 31.4. The van der Waals surface area contributed by atoms with Crippen molar-refractivity contribution in [2.75, 3.05) is 26.2 Å². The minimum Gasteiger partial charge on any atom is -0.479 e. The highest BCUT2D eigenvalue weighted by atomic mass is 16.4. The first-order valence-electron chi connectivity index (χ1n) is 14.9. The summed E-state index contributed by atoms with van der Waals surface area (Å²) in [6.45, 7) is 7.25. The molecular weight excluding hydrogens is 514 g/mol. The van der Waals surface area contributed by atoms with Crippen LogP contribution in [0, 0.1) is 11.8 Å². The molecule has 2 saturated heterocycles. The topological polar surface area (TPSA) is 148 Å². The smallest absolute Gasteiger partial charge is 0.330 e. The van der Waals surface area contributed by atoms with Gasteiger partial charge in [-0.3, -0.25) is 14.4 Å². The van der Waals surface area contributed by atoms with Crippen molar-refractivity contribution in [1.82, 2.24) is 25.8 Å². The van der Waals surface area contributed by atoms with Crippen molar-refractivity contribution in [3.63, 3.8) is 0 Å². The minimum atomic E-state index is -1.32. The zero-order valence-electron chi connectivity index (χ0n) is 24.2. The molecule has 3 aliphatic rings. The fraction of sp³-hybridized carbons (Fsp3) is 0.759. The zero-order valence-corrected chi connectivity index (χ0v) is 24.2. The molecule has 5 amide bonds. The number of urea groups is 1. The number of carbonyl (C=O) groups excluding carboxylic acids is 4. The average Bonchev–Trinajstić information content (AvgIpc) is 3.38. The number of nitrogens with zero attached hydrogens (tertiary/aromatic N) is 2. The standard InChI is InChI=1S/C29H47N5O6/c1-4-5-6-7-8-12-21-17-29(21,27(38)39)32-26(37)23-13-11-16-34(23)25(36)18-30-28(40)31-22(20(2)3)19-33-15-10-9-14-24(33)35/h8,12,20-23H,4-7,9-11,13-19H2,1-3H3,(H,32,37)(H,38,39)(H2,30,31,40)/b12-8-/t21?,22-,23+,29-/m1/s1. The van der Waals surface area contributed by atoms with Crippen molar-refractivity contribution >= 4 is 29.7 Å². The molecule has 0 bridgehead atoms. The van der Waals surface area contributed by atoms with E-state index in [1.165, 1.54) is 4.90 Å². The third kappa shape index (κ3) is 8.20. The average molecular weight is 562 g/mol. The summed E-state index contributed by atoms with van der Waals surface area (Å²) >= 11 is 0. The Kier molecular flexibility index (Phi) is 11.4. The monoisotopic (exact) mass is 561 g/mol. The number of carboxylic acids is 1. The quantitative estimate of drug-likeness (QED) is 0.189. The van der Waals surface area contributed by atoms with Crippen molar-refractivity contribution in [1.29, 1.82) is 0 Å². The van der Waals surface area contributed by atoms with E-state index in [1.807, 2.05) is 26.0 Å². The van der Waals surface area contributed by atoms with Crippen LogP contribution in [0.4, 0.5) is 4.79 Å². The molecule has 3 rings (SSSR count). The van der Waals surface area contributed by atoms with Crippen LogP contribution in [0.2, 0.25) is 0 Å². The highest BCUT2D eigenvalue weighted by Gasteiger charge is 2.61. The molecule has 2 aliphatic heterocycles. The summed E-state index contributed by atoms with van der Waals surface area (Å²) in [7, 11) is 0. The third-order valence-electron chi connectivity index (χ3n) is 8.32. The summed E-state index contributed by atoms with van der Waals surface area (Å²) in [4.78, 5) is 66.2. The van der Waals surface area contributed by atoms with Crippen molar-refractivity contribution in [2.45, 2.75) is 103 Å². The number of carbonyl (C=O) groups is 5. The number of unbranched alkanes of at least 4 members (excludes halogenated alkanes) is 3. The second kappa shape index (κ2) is 14.5. The molecule has 2 heterocycles. The van der Waals surface area contributed by atoms with E-state index in [0.29, 0.717) is 45.3 Å².